The monoisotopic (exact) mass is 297 g/mol. The number of methoxy groups -OCH3 is 1. The third kappa shape index (κ3) is 2.86. The predicted octanol–water partition coefficient (Wildman–Crippen LogP) is 1.07. The second kappa shape index (κ2) is 6.00. The number of ether oxygens (including phenoxy) is 1. The number of esters is 1. The van der Waals surface area contributed by atoms with Crippen LogP contribution >= 0.6 is 11.3 Å². The third-order valence-corrected chi connectivity index (χ3v) is 4.12. The van der Waals surface area contributed by atoms with Crippen molar-refractivity contribution in [2.24, 2.45) is 4.40 Å². The average Bonchev–Trinajstić information content (AvgIpc) is 2.94. The summed E-state index contributed by atoms with van der Waals surface area (Å²) in [6.07, 6.45) is 4.68. The van der Waals surface area contributed by atoms with Crippen LogP contribution in [-0.4, -0.2) is 39.2 Å². The van der Waals surface area contributed by atoms with Gasteiger partial charge in [0.2, 0.25) is 11.5 Å². The van der Waals surface area contributed by atoms with E-state index in [4.69, 9.17) is 4.74 Å². The van der Waals surface area contributed by atoms with Crippen molar-refractivity contribution in [3.05, 3.63) is 41.0 Å². The van der Waals surface area contributed by atoms with E-state index in [1.807, 2.05) is 0 Å². The Hall–Kier alpha value is -1.64. The largest absolute Gasteiger partial charge is 0.566 e. The highest BCUT2D eigenvalue weighted by molar-refractivity contribution is 7.88. The summed E-state index contributed by atoms with van der Waals surface area (Å²) in [5.74, 6) is -0.570. The van der Waals surface area contributed by atoms with E-state index in [0.29, 0.717) is 10.7 Å². The summed E-state index contributed by atoms with van der Waals surface area (Å²) in [6, 6.07) is 0. The normalized spacial score (nSPS) is 18.6. The van der Waals surface area contributed by atoms with Crippen molar-refractivity contribution in [1.29, 1.82) is 0 Å². The fraction of sp³-hybridized carbons (Fsp3) is 0.182. The van der Waals surface area contributed by atoms with Crippen molar-refractivity contribution in [3.8, 4) is 0 Å². The van der Waals surface area contributed by atoms with E-state index in [1.54, 1.807) is 17.7 Å². The van der Waals surface area contributed by atoms with Gasteiger partial charge >= 0.3 is 5.97 Å². The number of rotatable bonds is 4. The van der Waals surface area contributed by atoms with E-state index in [-0.39, 0.29) is 12.2 Å². The molecule has 2 heterocycles. The molecular formula is C11H11N3O3S2. The maximum atomic E-state index is 12.1. The van der Waals surface area contributed by atoms with Crippen molar-refractivity contribution in [3.63, 3.8) is 0 Å². The van der Waals surface area contributed by atoms with Crippen molar-refractivity contribution in [2.45, 2.75) is 0 Å². The Kier molecular flexibility index (Phi) is 4.35. The van der Waals surface area contributed by atoms with Crippen molar-refractivity contribution in [1.82, 2.24) is 9.29 Å². The maximum Gasteiger partial charge on any atom is 0.359 e. The molecular weight excluding hydrogens is 286 g/mol. The molecule has 1 atom stereocenters. The van der Waals surface area contributed by atoms with Crippen LogP contribution in [-0.2, 0) is 21.1 Å². The molecule has 0 radical (unpaired) electrons. The quantitative estimate of drug-likeness (QED) is 0.472. The molecule has 6 nitrogen and oxygen atoms in total. The van der Waals surface area contributed by atoms with Crippen LogP contribution in [0.4, 0.5) is 0 Å². The Morgan fingerprint density at radius 2 is 2.53 bits per heavy atom. The van der Waals surface area contributed by atoms with Gasteiger partial charge in [0.1, 0.15) is 5.01 Å². The molecule has 8 heteroatoms. The molecule has 0 aliphatic carbocycles. The molecule has 0 bridgehead atoms. The molecule has 1 aromatic rings. The van der Waals surface area contributed by atoms with Gasteiger partial charge in [0, 0.05) is 17.7 Å². The molecule has 1 aromatic heterocycles. The molecule has 19 heavy (non-hydrogen) atoms. The van der Waals surface area contributed by atoms with Crippen LogP contribution in [0.25, 0.3) is 0 Å². The zero-order valence-electron chi connectivity index (χ0n) is 10.1. The van der Waals surface area contributed by atoms with E-state index >= 15 is 0 Å². The van der Waals surface area contributed by atoms with Gasteiger partial charge in [-0.15, -0.1) is 17.9 Å². The minimum atomic E-state index is -1.70. The Labute approximate surface area is 117 Å². The smallest absolute Gasteiger partial charge is 0.359 e. The number of hydrogen-bond acceptors (Lipinski definition) is 7. The van der Waals surface area contributed by atoms with Gasteiger partial charge in [-0.25, -0.2) is 9.78 Å². The Morgan fingerprint density at radius 1 is 1.74 bits per heavy atom. The van der Waals surface area contributed by atoms with Crippen LogP contribution in [0.1, 0.15) is 5.01 Å². The second-order valence-corrected chi connectivity index (χ2v) is 5.39. The lowest BCUT2D eigenvalue weighted by Gasteiger charge is -2.24. The number of nitrogens with zero attached hydrogens (tertiary/aromatic N) is 3. The third-order valence-electron chi connectivity index (χ3n) is 2.25. The Bertz CT molecular complexity index is 539. The molecule has 0 saturated carbocycles. The number of thiazole rings is 1. The molecule has 1 unspecified atom stereocenters. The SMILES string of the molecule is C=CCN1C(C(=O)OC)=CC(c2nccs2)=N[S+]1[O-]. The molecule has 0 fully saturated rings. The van der Waals surface area contributed by atoms with Gasteiger partial charge in [0.05, 0.1) is 13.7 Å². The lowest BCUT2D eigenvalue weighted by molar-refractivity contribution is -0.137. The first-order chi connectivity index (χ1) is 9.17. The predicted molar refractivity (Wildman–Crippen MR) is 73.8 cm³/mol. The molecule has 0 spiro atoms. The van der Waals surface area contributed by atoms with E-state index < -0.39 is 17.5 Å². The highest BCUT2D eigenvalue weighted by atomic mass is 32.2. The topological polar surface area (TPSA) is 77.9 Å². The maximum absolute atomic E-state index is 12.1. The standard InChI is InChI=1S/C11H11N3O3S2/c1-3-5-14-9(11(15)17-2)7-8(13-19(14)16)10-12-4-6-18-10/h3-4,6-7H,1,5H2,2H3. The fourth-order valence-corrected chi connectivity index (χ4v) is 3.03. The Morgan fingerprint density at radius 3 is 3.11 bits per heavy atom. The summed E-state index contributed by atoms with van der Waals surface area (Å²) >= 11 is -0.342. The first kappa shape index (κ1) is 13.8. The molecule has 0 aromatic carbocycles. The molecule has 100 valence electrons. The summed E-state index contributed by atoms with van der Waals surface area (Å²) in [5.41, 5.74) is 0.593. The first-order valence-electron chi connectivity index (χ1n) is 5.26. The summed E-state index contributed by atoms with van der Waals surface area (Å²) in [7, 11) is 1.27. The number of aromatic nitrogens is 1. The van der Waals surface area contributed by atoms with Crippen molar-refractivity contribution >= 4 is 34.6 Å². The highest BCUT2D eigenvalue weighted by Gasteiger charge is 2.33. The summed E-state index contributed by atoms with van der Waals surface area (Å²) in [4.78, 5) is 15.8. The van der Waals surface area contributed by atoms with E-state index in [2.05, 4.69) is 16.0 Å². The summed E-state index contributed by atoms with van der Waals surface area (Å²) in [5, 5.41) is 2.38. The van der Waals surface area contributed by atoms with Gasteiger partial charge in [0.25, 0.3) is 0 Å². The van der Waals surface area contributed by atoms with Crippen LogP contribution in [0.15, 0.2) is 40.4 Å². The van der Waals surface area contributed by atoms with E-state index in [0.717, 1.165) is 0 Å². The minimum absolute atomic E-state index is 0.181. The molecule has 0 N–H and O–H groups in total. The second-order valence-electron chi connectivity index (χ2n) is 3.42. The van der Waals surface area contributed by atoms with Gasteiger partial charge in [-0.05, 0) is 4.40 Å². The number of carbonyl (C=O) groups excluding carboxylic acids is 1. The van der Waals surface area contributed by atoms with Crippen molar-refractivity contribution < 1.29 is 14.1 Å². The zero-order chi connectivity index (χ0) is 13.8. The Balaban J connectivity index is 2.39. The highest BCUT2D eigenvalue weighted by Crippen LogP contribution is 2.22. The first-order valence-corrected chi connectivity index (χ1v) is 7.20. The van der Waals surface area contributed by atoms with Crippen LogP contribution in [0.2, 0.25) is 0 Å². The number of hydrogen-bond donors (Lipinski definition) is 0. The number of allylic oxidation sites excluding steroid dienone is 1. The van der Waals surface area contributed by atoms with E-state index in [9.17, 15) is 9.35 Å². The molecule has 1 aliphatic heterocycles. The number of carbonyl (C=O) groups is 1. The van der Waals surface area contributed by atoms with Gasteiger partial charge in [-0.3, -0.25) is 0 Å². The summed E-state index contributed by atoms with van der Waals surface area (Å²) in [6.45, 7) is 3.80. The average molecular weight is 297 g/mol. The molecule has 2 rings (SSSR count). The van der Waals surface area contributed by atoms with Crippen LogP contribution in [0.5, 0.6) is 0 Å². The lowest BCUT2D eigenvalue weighted by atomic mass is 10.3. The van der Waals surface area contributed by atoms with Crippen LogP contribution in [0.3, 0.4) is 0 Å². The van der Waals surface area contributed by atoms with E-state index in [1.165, 1.54) is 28.8 Å². The zero-order valence-corrected chi connectivity index (χ0v) is 11.7. The molecule has 0 saturated heterocycles. The van der Waals surface area contributed by atoms with Gasteiger partial charge in [0.15, 0.2) is 11.4 Å². The van der Waals surface area contributed by atoms with Gasteiger partial charge in [-0.2, -0.15) is 4.31 Å². The van der Waals surface area contributed by atoms with Crippen LogP contribution in [0, 0.1) is 0 Å². The molecule has 1 aliphatic rings. The summed E-state index contributed by atoms with van der Waals surface area (Å²) < 4.78 is 22.1. The fourth-order valence-electron chi connectivity index (χ4n) is 1.44. The minimum Gasteiger partial charge on any atom is -0.566 e. The van der Waals surface area contributed by atoms with Crippen LogP contribution < -0.4 is 0 Å². The lowest BCUT2D eigenvalue weighted by Crippen LogP contribution is -2.36. The molecule has 0 amide bonds. The van der Waals surface area contributed by atoms with Crippen molar-refractivity contribution in [2.75, 3.05) is 13.7 Å². The van der Waals surface area contributed by atoms with Gasteiger partial charge in [-0.1, -0.05) is 6.08 Å². The van der Waals surface area contributed by atoms with Gasteiger partial charge < -0.3 is 9.29 Å².